The molecule has 0 spiro atoms. The van der Waals surface area contributed by atoms with E-state index in [-0.39, 0.29) is 0 Å². The maximum absolute atomic E-state index is 4.27. The van der Waals surface area contributed by atoms with Crippen molar-refractivity contribution >= 4 is 5.96 Å². The molecule has 1 saturated carbocycles. The van der Waals surface area contributed by atoms with Gasteiger partial charge in [0.05, 0.1) is 0 Å². The van der Waals surface area contributed by atoms with Crippen LogP contribution in [0.1, 0.15) is 45.4 Å². The molecule has 0 amide bonds. The highest BCUT2D eigenvalue weighted by Gasteiger charge is 2.21. The third kappa shape index (κ3) is 5.39. The minimum absolute atomic E-state index is 0.779. The highest BCUT2D eigenvalue weighted by Crippen LogP contribution is 2.27. The zero-order valence-electron chi connectivity index (χ0n) is 12.6. The number of hydrogen-bond acceptors (Lipinski definition) is 2. The summed E-state index contributed by atoms with van der Waals surface area (Å²) in [5, 5.41) is 6.82. The molecule has 0 aromatic heterocycles. The molecule has 4 heteroatoms. The third-order valence-electron chi connectivity index (χ3n) is 4.33. The first-order valence-corrected chi connectivity index (χ1v) is 7.98. The summed E-state index contributed by atoms with van der Waals surface area (Å²) >= 11 is 0. The smallest absolute Gasteiger partial charge is 0.190 e. The first kappa shape index (κ1) is 14.6. The SMILES string of the molecule is CN=C(NCCCN1CCCCC1C)NCC1CC1. The number of aliphatic imine (C=N–C) groups is 1. The normalized spacial score (nSPS) is 25.4. The second-order valence-electron chi connectivity index (χ2n) is 6.06. The van der Waals surface area contributed by atoms with Crippen LogP contribution in [0.25, 0.3) is 0 Å². The van der Waals surface area contributed by atoms with Gasteiger partial charge in [0.1, 0.15) is 0 Å². The predicted molar refractivity (Wildman–Crippen MR) is 81.6 cm³/mol. The zero-order valence-corrected chi connectivity index (χ0v) is 12.6. The summed E-state index contributed by atoms with van der Waals surface area (Å²) in [6.07, 6.45) is 8.14. The molecule has 1 aliphatic heterocycles. The largest absolute Gasteiger partial charge is 0.356 e. The van der Waals surface area contributed by atoms with Crippen LogP contribution in [0.4, 0.5) is 0 Å². The molecular weight excluding hydrogens is 236 g/mol. The molecule has 0 bridgehead atoms. The number of nitrogens with one attached hydrogen (secondary N) is 2. The lowest BCUT2D eigenvalue weighted by molar-refractivity contribution is 0.159. The summed E-state index contributed by atoms with van der Waals surface area (Å²) in [5.74, 6) is 1.87. The molecule has 1 heterocycles. The number of likely N-dealkylation sites (tertiary alicyclic amines) is 1. The fourth-order valence-corrected chi connectivity index (χ4v) is 2.76. The van der Waals surface area contributed by atoms with Gasteiger partial charge in [-0.25, -0.2) is 0 Å². The van der Waals surface area contributed by atoms with Gasteiger partial charge < -0.3 is 15.5 Å². The highest BCUT2D eigenvalue weighted by atomic mass is 15.2. The van der Waals surface area contributed by atoms with Gasteiger partial charge in [-0.2, -0.15) is 0 Å². The monoisotopic (exact) mass is 266 g/mol. The summed E-state index contributed by atoms with van der Waals surface area (Å²) in [4.78, 5) is 6.90. The zero-order chi connectivity index (χ0) is 13.5. The van der Waals surface area contributed by atoms with E-state index in [4.69, 9.17) is 0 Å². The van der Waals surface area contributed by atoms with Crippen molar-refractivity contribution in [1.82, 2.24) is 15.5 Å². The van der Waals surface area contributed by atoms with Crippen LogP contribution in [0.15, 0.2) is 4.99 Å². The van der Waals surface area contributed by atoms with Gasteiger partial charge in [0.25, 0.3) is 0 Å². The summed E-state index contributed by atoms with van der Waals surface area (Å²) in [5.41, 5.74) is 0. The van der Waals surface area contributed by atoms with Gasteiger partial charge in [0, 0.05) is 32.7 Å². The number of guanidine groups is 1. The Hall–Kier alpha value is -0.770. The van der Waals surface area contributed by atoms with Crippen LogP contribution in [0.5, 0.6) is 0 Å². The molecule has 0 aromatic carbocycles. The Kier molecular flexibility index (Phi) is 5.95. The van der Waals surface area contributed by atoms with Crippen molar-refractivity contribution in [2.75, 3.05) is 33.2 Å². The second kappa shape index (κ2) is 7.73. The summed E-state index contributed by atoms with van der Waals surface area (Å²) in [6, 6.07) is 0.779. The van der Waals surface area contributed by atoms with Crippen molar-refractivity contribution in [2.45, 2.75) is 51.5 Å². The fraction of sp³-hybridized carbons (Fsp3) is 0.933. The number of rotatable bonds is 6. The van der Waals surface area contributed by atoms with Gasteiger partial charge >= 0.3 is 0 Å². The summed E-state index contributed by atoms with van der Waals surface area (Å²) < 4.78 is 0. The van der Waals surface area contributed by atoms with E-state index in [1.54, 1.807) is 0 Å². The van der Waals surface area contributed by atoms with E-state index in [1.807, 2.05) is 7.05 Å². The topological polar surface area (TPSA) is 39.7 Å². The van der Waals surface area contributed by atoms with Crippen molar-refractivity contribution < 1.29 is 0 Å². The van der Waals surface area contributed by atoms with Gasteiger partial charge in [-0.15, -0.1) is 0 Å². The first-order valence-electron chi connectivity index (χ1n) is 7.98. The summed E-state index contributed by atoms with van der Waals surface area (Å²) in [6.45, 7) is 6.97. The van der Waals surface area contributed by atoms with Gasteiger partial charge in [0.15, 0.2) is 5.96 Å². The molecule has 2 aliphatic rings. The van der Waals surface area contributed by atoms with Crippen molar-refractivity contribution in [1.29, 1.82) is 0 Å². The maximum Gasteiger partial charge on any atom is 0.190 e. The Balaban J connectivity index is 1.54. The summed E-state index contributed by atoms with van der Waals surface area (Å²) in [7, 11) is 1.86. The molecule has 2 fully saturated rings. The van der Waals surface area contributed by atoms with Gasteiger partial charge in [0.2, 0.25) is 0 Å². The molecule has 2 rings (SSSR count). The first-order chi connectivity index (χ1) is 9.29. The van der Waals surface area contributed by atoms with E-state index in [0.29, 0.717) is 0 Å². The molecule has 1 atom stereocenters. The van der Waals surface area contributed by atoms with Crippen molar-refractivity contribution in [3.8, 4) is 0 Å². The molecule has 0 aromatic rings. The van der Waals surface area contributed by atoms with Crippen LogP contribution in [0, 0.1) is 5.92 Å². The quantitative estimate of drug-likeness (QED) is 0.438. The highest BCUT2D eigenvalue weighted by molar-refractivity contribution is 5.79. The Bertz CT molecular complexity index is 286. The average molecular weight is 266 g/mol. The lowest BCUT2D eigenvalue weighted by atomic mass is 10.0. The second-order valence-corrected chi connectivity index (χ2v) is 6.06. The minimum Gasteiger partial charge on any atom is -0.356 e. The standard InChI is InChI=1S/C15H30N4/c1-13-6-3-4-10-19(13)11-5-9-17-15(16-2)18-12-14-7-8-14/h13-14H,3-12H2,1-2H3,(H2,16,17,18). The Morgan fingerprint density at radius 1 is 1.21 bits per heavy atom. The minimum atomic E-state index is 0.779. The van der Waals surface area contributed by atoms with Gasteiger partial charge in [-0.1, -0.05) is 6.42 Å². The molecule has 1 saturated heterocycles. The Morgan fingerprint density at radius 2 is 2.05 bits per heavy atom. The average Bonchev–Trinajstić information content (AvgIpc) is 3.24. The molecule has 1 unspecified atom stereocenters. The van der Waals surface area contributed by atoms with Crippen LogP contribution in [0.2, 0.25) is 0 Å². The number of nitrogens with zero attached hydrogens (tertiary/aromatic N) is 2. The lowest BCUT2D eigenvalue weighted by Gasteiger charge is -2.33. The van der Waals surface area contributed by atoms with E-state index in [0.717, 1.165) is 31.0 Å². The molecule has 19 heavy (non-hydrogen) atoms. The van der Waals surface area contributed by atoms with Gasteiger partial charge in [-0.05, 0) is 51.5 Å². The van der Waals surface area contributed by atoms with Crippen LogP contribution < -0.4 is 10.6 Å². The predicted octanol–water partition coefficient (Wildman–Crippen LogP) is 1.83. The van der Waals surface area contributed by atoms with Crippen molar-refractivity contribution in [2.24, 2.45) is 10.9 Å². The molecular formula is C15H30N4. The van der Waals surface area contributed by atoms with Crippen LogP contribution >= 0.6 is 0 Å². The van der Waals surface area contributed by atoms with E-state index in [1.165, 1.54) is 51.6 Å². The Morgan fingerprint density at radius 3 is 2.74 bits per heavy atom. The molecule has 110 valence electrons. The van der Waals surface area contributed by atoms with E-state index < -0.39 is 0 Å². The van der Waals surface area contributed by atoms with E-state index in [9.17, 15) is 0 Å². The lowest BCUT2D eigenvalue weighted by Crippen LogP contribution is -2.41. The molecule has 4 nitrogen and oxygen atoms in total. The van der Waals surface area contributed by atoms with Crippen LogP contribution in [-0.4, -0.2) is 50.1 Å². The molecule has 1 aliphatic carbocycles. The fourth-order valence-electron chi connectivity index (χ4n) is 2.76. The number of hydrogen-bond donors (Lipinski definition) is 2. The maximum atomic E-state index is 4.27. The third-order valence-corrected chi connectivity index (χ3v) is 4.33. The Labute approximate surface area is 118 Å². The molecule has 0 radical (unpaired) electrons. The van der Waals surface area contributed by atoms with Gasteiger partial charge in [-0.3, -0.25) is 4.99 Å². The van der Waals surface area contributed by atoms with Crippen LogP contribution in [0.3, 0.4) is 0 Å². The number of piperidine rings is 1. The molecule has 2 N–H and O–H groups in total. The van der Waals surface area contributed by atoms with E-state index >= 15 is 0 Å². The van der Waals surface area contributed by atoms with Crippen molar-refractivity contribution in [3.63, 3.8) is 0 Å². The van der Waals surface area contributed by atoms with Crippen molar-refractivity contribution in [3.05, 3.63) is 0 Å². The van der Waals surface area contributed by atoms with Crippen LogP contribution in [-0.2, 0) is 0 Å². The van der Waals surface area contributed by atoms with E-state index in [2.05, 4.69) is 27.4 Å².